The lowest BCUT2D eigenvalue weighted by Crippen LogP contribution is -2.29. The van der Waals surface area contributed by atoms with Gasteiger partial charge in [-0.1, -0.05) is 6.07 Å². The first-order valence-electron chi connectivity index (χ1n) is 13.0. The van der Waals surface area contributed by atoms with Crippen LogP contribution in [-0.2, 0) is 37.5 Å². The van der Waals surface area contributed by atoms with Crippen molar-refractivity contribution >= 4 is 12.1 Å². The van der Waals surface area contributed by atoms with Crippen LogP contribution in [0.15, 0.2) is 29.5 Å². The Hall–Kier alpha value is -2.55. The van der Waals surface area contributed by atoms with Crippen molar-refractivity contribution in [2.45, 2.75) is 70.4 Å². The van der Waals surface area contributed by atoms with Gasteiger partial charge in [0.05, 0.1) is 12.6 Å². The van der Waals surface area contributed by atoms with Gasteiger partial charge >= 0.3 is 6.18 Å². The van der Waals surface area contributed by atoms with E-state index in [2.05, 4.69) is 20.0 Å². The molecule has 0 N–H and O–H groups in total. The normalized spacial score (nSPS) is 21.4. The number of rotatable bonds is 8. The Morgan fingerprint density at radius 2 is 1.94 bits per heavy atom. The van der Waals surface area contributed by atoms with Crippen molar-refractivity contribution in [3.63, 3.8) is 0 Å². The minimum Gasteiger partial charge on any atom is -0.303 e. The lowest BCUT2D eigenvalue weighted by atomic mass is 9.81. The Balaban J connectivity index is 1.16. The summed E-state index contributed by atoms with van der Waals surface area (Å²) in [5, 5.41) is 4.08. The second-order valence-corrected chi connectivity index (χ2v) is 10.3. The minimum absolute atomic E-state index is 0.0491. The molecule has 1 fully saturated rings. The molecule has 1 aliphatic heterocycles. The Labute approximate surface area is 211 Å². The fraction of sp³-hybridized carbons (Fsp3) is 0.630. The quantitative estimate of drug-likeness (QED) is 0.488. The zero-order valence-electron chi connectivity index (χ0n) is 21.0. The van der Waals surface area contributed by atoms with E-state index in [0.29, 0.717) is 24.0 Å². The number of aryl methyl sites for hydroxylation is 2. The number of carbonyl (C=O) groups is 1. The molecule has 2 aliphatic rings. The van der Waals surface area contributed by atoms with Gasteiger partial charge in [-0.25, -0.2) is 4.99 Å². The molecule has 1 aliphatic carbocycles. The molecule has 3 heterocycles. The first-order chi connectivity index (χ1) is 17.2. The number of nitrogens with zero attached hydrogens (tertiary/aromatic N) is 5. The summed E-state index contributed by atoms with van der Waals surface area (Å²) in [5.41, 5.74) is 3.57. The van der Waals surface area contributed by atoms with Gasteiger partial charge in [0.2, 0.25) is 5.91 Å². The van der Waals surface area contributed by atoms with Gasteiger partial charge in [0.15, 0.2) is 0 Å². The molecule has 0 atom stereocenters. The van der Waals surface area contributed by atoms with Crippen LogP contribution in [0.3, 0.4) is 0 Å². The van der Waals surface area contributed by atoms with Crippen molar-refractivity contribution in [2.24, 2.45) is 23.9 Å². The maximum atomic E-state index is 12.5. The Morgan fingerprint density at radius 3 is 2.67 bits per heavy atom. The van der Waals surface area contributed by atoms with Crippen molar-refractivity contribution in [1.82, 2.24) is 19.7 Å². The smallest absolute Gasteiger partial charge is 0.303 e. The van der Waals surface area contributed by atoms with Crippen LogP contribution in [0.4, 0.5) is 13.2 Å². The van der Waals surface area contributed by atoms with Crippen molar-refractivity contribution in [3.8, 4) is 0 Å². The van der Waals surface area contributed by atoms with E-state index in [-0.39, 0.29) is 12.3 Å². The molecule has 0 unspecified atom stereocenters. The summed E-state index contributed by atoms with van der Waals surface area (Å²) in [6.45, 7) is 2.92. The van der Waals surface area contributed by atoms with Crippen LogP contribution in [0, 0.1) is 11.8 Å². The van der Waals surface area contributed by atoms with Crippen LogP contribution < -0.4 is 0 Å². The van der Waals surface area contributed by atoms with E-state index in [1.54, 1.807) is 16.9 Å². The van der Waals surface area contributed by atoms with Crippen LogP contribution in [0.2, 0.25) is 0 Å². The number of halogens is 3. The highest BCUT2D eigenvalue weighted by atomic mass is 19.4. The van der Waals surface area contributed by atoms with Crippen molar-refractivity contribution < 1.29 is 18.0 Å². The summed E-state index contributed by atoms with van der Waals surface area (Å²) in [4.78, 5) is 23.3. The molecular formula is C27H36F3N5O. The average Bonchev–Trinajstić information content (AvgIpc) is 3.14. The summed E-state index contributed by atoms with van der Waals surface area (Å²) in [6.07, 6.45) is 8.01. The average molecular weight is 504 g/mol. The van der Waals surface area contributed by atoms with Crippen LogP contribution in [0.5, 0.6) is 0 Å². The lowest BCUT2D eigenvalue weighted by molar-refractivity contribution is -0.134. The zero-order chi connectivity index (χ0) is 25.5. The molecule has 0 aromatic carbocycles. The van der Waals surface area contributed by atoms with Gasteiger partial charge in [0, 0.05) is 56.8 Å². The summed E-state index contributed by atoms with van der Waals surface area (Å²) in [6, 6.07) is 3.73. The molecule has 0 saturated heterocycles. The molecule has 2 aromatic rings. The molecule has 196 valence electrons. The highest BCUT2D eigenvalue weighted by Gasteiger charge is 2.27. The molecule has 0 radical (unpaired) electrons. The monoisotopic (exact) mass is 503 g/mol. The molecule has 2 aromatic heterocycles. The van der Waals surface area contributed by atoms with E-state index < -0.39 is 12.6 Å². The third kappa shape index (κ3) is 8.25. The summed E-state index contributed by atoms with van der Waals surface area (Å²) < 4.78 is 39.3. The summed E-state index contributed by atoms with van der Waals surface area (Å²) in [5.74, 6) is 0.956. The Kier molecular flexibility index (Phi) is 8.93. The molecule has 36 heavy (non-hydrogen) atoms. The minimum atomic E-state index is -4.14. The SMILES string of the molecule is Cn1cc(CC(=O)N=CC2CCC(CCN3CCc4ccc(CCC(F)(F)F)nc4CC3)CC2)cn1. The van der Waals surface area contributed by atoms with Crippen molar-refractivity contribution in [1.29, 1.82) is 0 Å². The third-order valence-corrected chi connectivity index (χ3v) is 7.44. The summed E-state index contributed by atoms with van der Waals surface area (Å²) >= 11 is 0. The lowest BCUT2D eigenvalue weighted by Gasteiger charge is -2.28. The molecule has 1 saturated carbocycles. The van der Waals surface area contributed by atoms with Crippen LogP contribution >= 0.6 is 0 Å². The number of hydrogen-bond donors (Lipinski definition) is 0. The van der Waals surface area contributed by atoms with Crippen LogP contribution in [0.25, 0.3) is 0 Å². The number of hydrogen-bond acceptors (Lipinski definition) is 4. The van der Waals surface area contributed by atoms with E-state index in [1.165, 1.54) is 5.56 Å². The predicted octanol–water partition coefficient (Wildman–Crippen LogP) is 4.75. The standard InChI is InChI=1S/C27H36F3N5O/c1-34-19-22(18-32-34)16-26(36)31-17-21-4-2-20(3-5-21)9-13-35-14-10-23-6-7-24(8-12-27(28,29)30)33-25(23)11-15-35/h6-7,17-21H,2-5,8-16H2,1H3. The van der Waals surface area contributed by atoms with Crippen LogP contribution in [-0.4, -0.2) is 57.6 Å². The maximum Gasteiger partial charge on any atom is 0.389 e. The number of pyridine rings is 1. The number of alkyl halides is 3. The Bertz CT molecular complexity index is 1040. The van der Waals surface area contributed by atoms with Crippen molar-refractivity contribution in [2.75, 3.05) is 19.6 Å². The number of carbonyl (C=O) groups excluding carboxylic acids is 1. The second kappa shape index (κ2) is 12.1. The fourth-order valence-corrected chi connectivity index (χ4v) is 5.27. The van der Waals surface area contributed by atoms with Crippen molar-refractivity contribution in [3.05, 3.63) is 47.0 Å². The van der Waals surface area contributed by atoms with E-state index in [1.807, 2.05) is 25.5 Å². The van der Waals surface area contributed by atoms with E-state index in [4.69, 9.17) is 0 Å². The largest absolute Gasteiger partial charge is 0.389 e. The van der Waals surface area contributed by atoms with Gasteiger partial charge in [0.1, 0.15) is 0 Å². The summed E-state index contributed by atoms with van der Waals surface area (Å²) in [7, 11) is 1.83. The van der Waals surface area contributed by atoms with Gasteiger partial charge in [-0.15, -0.1) is 0 Å². The molecular weight excluding hydrogens is 467 g/mol. The van der Waals surface area contributed by atoms with Gasteiger partial charge in [-0.3, -0.25) is 14.5 Å². The molecule has 6 nitrogen and oxygen atoms in total. The van der Waals surface area contributed by atoms with E-state index in [0.717, 1.165) is 75.8 Å². The number of fused-ring (bicyclic) bond motifs is 1. The zero-order valence-corrected chi connectivity index (χ0v) is 21.0. The number of aromatic nitrogens is 3. The highest BCUT2D eigenvalue weighted by molar-refractivity contribution is 5.87. The number of aliphatic imine (C=N–C) groups is 1. The van der Waals surface area contributed by atoms with Gasteiger partial charge in [-0.05, 0) is 80.5 Å². The molecule has 0 bridgehead atoms. The highest BCUT2D eigenvalue weighted by Crippen LogP contribution is 2.30. The second-order valence-electron chi connectivity index (χ2n) is 10.3. The first kappa shape index (κ1) is 26.5. The van der Waals surface area contributed by atoms with Gasteiger partial charge in [-0.2, -0.15) is 18.3 Å². The van der Waals surface area contributed by atoms with E-state index in [9.17, 15) is 18.0 Å². The van der Waals surface area contributed by atoms with Gasteiger partial charge in [0.25, 0.3) is 0 Å². The van der Waals surface area contributed by atoms with E-state index >= 15 is 0 Å². The Morgan fingerprint density at radius 1 is 1.17 bits per heavy atom. The molecule has 9 heteroatoms. The topological polar surface area (TPSA) is 63.4 Å². The van der Waals surface area contributed by atoms with Gasteiger partial charge < -0.3 is 4.90 Å². The number of amides is 1. The third-order valence-electron chi connectivity index (χ3n) is 7.44. The fourth-order valence-electron chi connectivity index (χ4n) is 5.27. The van der Waals surface area contributed by atoms with Crippen LogP contribution in [0.1, 0.15) is 61.0 Å². The molecule has 0 spiro atoms. The predicted molar refractivity (Wildman–Crippen MR) is 133 cm³/mol. The molecule has 1 amide bonds. The maximum absolute atomic E-state index is 12.5. The first-order valence-corrected chi connectivity index (χ1v) is 13.0. The molecule has 4 rings (SSSR count).